The van der Waals surface area contributed by atoms with Crippen LogP contribution in [0.25, 0.3) is 5.57 Å². The number of hydrogen-bond acceptors (Lipinski definition) is 3. The fourth-order valence-corrected chi connectivity index (χ4v) is 3.10. The summed E-state index contributed by atoms with van der Waals surface area (Å²) in [5.74, 6) is -1.59. The maximum absolute atomic E-state index is 12.6. The molecule has 1 aliphatic carbocycles. The number of halogens is 3. The molecule has 0 bridgehead atoms. The molecule has 0 aliphatic heterocycles. The zero-order valence-electron chi connectivity index (χ0n) is 15.6. The van der Waals surface area contributed by atoms with Crippen LogP contribution in [-0.4, -0.2) is 16.6 Å². The molecule has 0 fully saturated rings. The Morgan fingerprint density at radius 1 is 1.13 bits per heavy atom. The molecule has 1 aliphatic rings. The Hall–Kier alpha value is -3.63. The van der Waals surface area contributed by atoms with Crippen molar-refractivity contribution in [1.82, 2.24) is 0 Å². The number of carbonyl (C=O) groups excluding carboxylic acids is 1. The van der Waals surface area contributed by atoms with Gasteiger partial charge >= 0.3 is 6.18 Å². The van der Waals surface area contributed by atoms with Gasteiger partial charge < -0.3 is 10.4 Å². The summed E-state index contributed by atoms with van der Waals surface area (Å²) in [5, 5.41) is 23.0. The first-order chi connectivity index (χ1) is 14.2. The van der Waals surface area contributed by atoms with Crippen molar-refractivity contribution >= 4 is 17.2 Å². The van der Waals surface area contributed by atoms with Crippen molar-refractivity contribution in [2.45, 2.75) is 11.8 Å². The monoisotopic (exact) mass is 410 g/mol. The standard InChI is InChI=1S/C23H17F3N2O2/c24-23(25,26)17-8-10-18(11-9-17)28-21(29)12-14-22(30)13-4-7-19(20(22)15-27)16-5-2-1-3-6-16/h1-14,20,30H,(H,28,29). The second-order valence-corrected chi connectivity index (χ2v) is 6.69. The predicted octanol–water partition coefficient (Wildman–Crippen LogP) is 4.72. The third-order valence-corrected chi connectivity index (χ3v) is 4.63. The average Bonchev–Trinajstić information content (AvgIpc) is 2.72. The van der Waals surface area contributed by atoms with E-state index in [-0.39, 0.29) is 5.69 Å². The number of carbonyl (C=O) groups is 1. The molecule has 2 atom stereocenters. The van der Waals surface area contributed by atoms with Gasteiger partial charge in [0.15, 0.2) is 0 Å². The number of rotatable bonds is 4. The third kappa shape index (κ3) is 4.67. The Bertz CT molecular complexity index is 1050. The van der Waals surface area contributed by atoms with Gasteiger partial charge in [-0.05, 0) is 47.6 Å². The lowest BCUT2D eigenvalue weighted by Crippen LogP contribution is -2.35. The van der Waals surface area contributed by atoms with E-state index in [2.05, 4.69) is 11.4 Å². The highest BCUT2D eigenvalue weighted by Gasteiger charge is 2.37. The first kappa shape index (κ1) is 21.1. The molecule has 0 spiro atoms. The summed E-state index contributed by atoms with van der Waals surface area (Å²) in [6.07, 6.45) is 2.54. The van der Waals surface area contributed by atoms with Crippen molar-refractivity contribution in [2.24, 2.45) is 5.92 Å². The van der Waals surface area contributed by atoms with Gasteiger partial charge in [0.05, 0.1) is 11.6 Å². The van der Waals surface area contributed by atoms with E-state index in [9.17, 15) is 28.3 Å². The minimum Gasteiger partial charge on any atom is -0.380 e. The molecule has 1 amide bonds. The van der Waals surface area contributed by atoms with Crippen molar-refractivity contribution in [1.29, 1.82) is 5.26 Å². The molecule has 0 radical (unpaired) electrons. The van der Waals surface area contributed by atoms with E-state index in [1.165, 1.54) is 12.2 Å². The van der Waals surface area contributed by atoms with Gasteiger partial charge in [-0.3, -0.25) is 4.79 Å². The lowest BCUT2D eigenvalue weighted by atomic mass is 9.76. The van der Waals surface area contributed by atoms with E-state index >= 15 is 0 Å². The number of allylic oxidation sites excluding steroid dienone is 2. The van der Waals surface area contributed by atoms with Gasteiger partial charge in [0.2, 0.25) is 5.91 Å². The fraction of sp³-hybridized carbons (Fsp3) is 0.130. The van der Waals surface area contributed by atoms with E-state index in [1.807, 2.05) is 30.3 Å². The zero-order chi connectivity index (χ0) is 21.8. The largest absolute Gasteiger partial charge is 0.416 e. The molecule has 30 heavy (non-hydrogen) atoms. The van der Waals surface area contributed by atoms with Crippen LogP contribution in [0.3, 0.4) is 0 Å². The lowest BCUT2D eigenvalue weighted by Gasteiger charge is -2.30. The van der Waals surface area contributed by atoms with Crippen LogP contribution in [0, 0.1) is 17.2 Å². The number of aliphatic hydroxyl groups is 1. The highest BCUT2D eigenvalue weighted by Crippen LogP contribution is 2.37. The molecule has 4 nitrogen and oxygen atoms in total. The van der Waals surface area contributed by atoms with E-state index in [0.29, 0.717) is 5.57 Å². The van der Waals surface area contributed by atoms with Gasteiger partial charge in [0.1, 0.15) is 11.5 Å². The molecule has 0 saturated heterocycles. The summed E-state index contributed by atoms with van der Waals surface area (Å²) in [4.78, 5) is 12.2. The molecule has 7 heteroatoms. The Morgan fingerprint density at radius 3 is 2.40 bits per heavy atom. The smallest absolute Gasteiger partial charge is 0.380 e. The summed E-state index contributed by atoms with van der Waals surface area (Å²) in [7, 11) is 0. The maximum Gasteiger partial charge on any atom is 0.416 e. The summed E-state index contributed by atoms with van der Waals surface area (Å²) in [5.41, 5.74) is -0.989. The predicted molar refractivity (Wildman–Crippen MR) is 107 cm³/mol. The summed E-state index contributed by atoms with van der Waals surface area (Å²) >= 11 is 0. The topological polar surface area (TPSA) is 73.1 Å². The van der Waals surface area contributed by atoms with Crippen molar-refractivity contribution < 1.29 is 23.1 Å². The normalized spacial score (nSPS) is 21.2. The Balaban J connectivity index is 1.74. The molecule has 2 unspecified atom stereocenters. The van der Waals surface area contributed by atoms with Gasteiger partial charge in [-0.15, -0.1) is 0 Å². The van der Waals surface area contributed by atoms with E-state index in [0.717, 1.165) is 35.9 Å². The van der Waals surface area contributed by atoms with Crippen LogP contribution in [0.15, 0.2) is 85.0 Å². The molecule has 2 aromatic carbocycles. The Morgan fingerprint density at radius 2 is 1.80 bits per heavy atom. The second kappa shape index (κ2) is 8.39. The zero-order valence-corrected chi connectivity index (χ0v) is 15.6. The number of anilines is 1. The van der Waals surface area contributed by atoms with Gasteiger partial charge in [-0.1, -0.05) is 42.5 Å². The van der Waals surface area contributed by atoms with Crippen molar-refractivity contribution in [2.75, 3.05) is 5.32 Å². The van der Waals surface area contributed by atoms with Crippen LogP contribution >= 0.6 is 0 Å². The summed E-state index contributed by atoms with van der Waals surface area (Å²) < 4.78 is 37.8. The fourth-order valence-electron chi connectivity index (χ4n) is 3.10. The van der Waals surface area contributed by atoms with Gasteiger partial charge in [-0.25, -0.2) is 0 Å². The number of nitrogens with zero attached hydrogens (tertiary/aromatic N) is 1. The number of benzene rings is 2. The molecule has 152 valence electrons. The molecule has 2 aromatic rings. The molecule has 0 aromatic heterocycles. The van der Waals surface area contributed by atoms with Crippen LogP contribution in [-0.2, 0) is 11.0 Å². The maximum atomic E-state index is 12.6. The van der Waals surface area contributed by atoms with E-state index < -0.39 is 29.2 Å². The van der Waals surface area contributed by atoms with Crippen molar-refractivity contribution in [3.63, 3.8) is 0 Å². The molecule has 3 rings (SSSR count). The number of nitriles is 1. The van der Waals surface area contributed by atoms with Crippen LogP contribution in [0.4, 0.5) is 18.9 Å². The Kier molecular flexibility index (Phi) is 5.90. The molecule has 0 saturated carbocycles. The molecule has 2 N–H and O–H groups in total. The number of amides is 1. The highest BCUT2D eigenvalue weighted by molar-refractivity contribution is 5.99. The van der Waals surface area contributed by atoms with E-state index in [1.54, 1.807) is 12.2 Å². The van der Waals surface area contributed by atoms with Crippen molar-refractivity contribution in [3.05, 3.63) is 96.1 Å². The summed E-state index contributed by atoms with van der Waals surface area (Å²) in [6.45, 7) is 0. The van der Waals surface area contributed by atoms with Crippen LogP contribution < -0.4 is 5.32 Å². The molecular weight excluding hydrogens is 393 g/mol. The van der Waals surface area contributed by atoms with Crippen LogP contribution in [0.1, 0.15) is 11.1 Å². The van der Waals surface area contributed by atoms with Crippen LogP contribution in [0.2, 0.25) is 0 Å². The minimum atomic E-state index is -4.46. The minimum absolute atomic E-state index is 0.172. The highest BCUT2D eigenvalue weighted by atomic mass is 19.4. The third-order valence-electron chi connectivity index (χ3n) is 4.63. The number of nitrogens with one attached hydrogen (secondary N) is 1. The first-order valence-electron chi connectivity index (χ1n) is 8.97. The molecule has 0 heterocycles. The number of hydrogen-bond donors (Lipinski definition) is 2. The Labute approximate surface area is 171 Å². The van der Waals surface area contributed by atoms with Gasteiger partial charge in [0, 0.05) is 11.8 Å². The lowest BCUT2D eigenvalue weighted by molar-refractivity contribution is -0.137. The quantitative estimate of drug-likeness (QED) is 0.716. The number of alkyl halides is 3. The SMILES string of the molecule is N#CC1C(c2ccccc2)=CC=CC1(O)C=CC(=O)Nc1ccc(C(F)(F)F)cc1. The molecular formula is C23H17F3N2O2. The van der Waals surface area contributed by atoms with E-state index in [4.69, 9.17) is 0 Å². The average molecular weight is 410 g/mol. The summed E-state index contributed by atoms with van der Waals surface area (Å²) in [6, 6.07) is 15.2. The van der Waals surface area contributed by atoms with Gasteiger partial charge in [-0.2, -0.15) is 18.4 Å². The first-order valence-corrected chi connectivity index (χ1v) is 8.97. The second-order valence-electron chi connectivity index (χ2n) is 6.69. The van der Waals surface area contributed by atoms with Gasteiger partial charge in [0.25, 0.3) is 0 Å². The van der Waals surface area contributed by atoms with Crippen molar-refractivity contribution in [3.8, 4) is 6.07 Å². The van der Waals surface area contributed by atoms with Crippen LogP contribution in [0.5, 0.6) is 0 Å².